The van der Waals surface area contributed by atoms with Crippen LogP contribution in [0.5, 0.6) is 0 Å². The van der Waals surface area contributed by atoms with Crippen molar-refractivity contribution in [2.75, 3.05) is 6.61 Å². The number of thioether (sulfide) groups is 1. The molecule has 2 heterocycles. The second kappa shape index (κ2) is 7.99. The third kappa shape index (κ3) is 3.88. The smallest absolute Gasteiger partial charge is 0.256 e. The lowest BCUT2D eigenvalue weighted by molar-refractivity contribution is -0.132. The molecule has 7 nitrogen and oxygen atoms in total. The molecule has 0 aromatic heterocycles. The molecule has 0 saturated carbocycles. The van der Waals surface area contributed by atoms with Crippen LogP contribution in [0.15, 0.2) is 24.3 Å². The van der Waals surface area contributed by atoms with Gasteiger partial charge in [0.05, 0.1) is 12.6 Å². The van der Waals surface area contributed by atoms with Gasteiger partial charge >= 0.3 is 0 Å². The fourth-order valence-corrected chi connectivity index (χ4v) is 5.48. The number of aliphatic hydroxyl groups is 1. The van der Waals surface area contributed by atoms with Gasteiger partial charge in [0.1, 0.15) is 17.5 Å². The lowest BCUT2D eigenvalue weighted by Gasteiger charge is -2.31. The molecule has 1 aromatic carbocycles. The normalized spacial score (nSPS) is 24.1. The number of hydrogen-bond acceptors (Lipinski definition) is 5. The first-order chi connectivity index (χ1) is 13.6. The average molecular weight is 420 g/mol. The summed E-state index contributed by atoms with van der Waals surface area (Å²) >= 11 is 1.59. The minimum atomic E-state index is -0.782. The Morgan fingerprint density at radius 3 is 2.48 bits per heavy atom. The summed E-state index contributed by atoms with van der Waals surface area (Å²) < 4.78 is -0.500. The zero-order valence-electron chi connectivity index (χ0n) is 17.4. The highest BCUT2D eigenvalue weighted by atomic mass is 32.2. The summed E-state index contributed by atoms with van der Waals surface area (Å²) in [5, 5.41) is 14.7. The van der Waals surface area contributed by atoms with E-state index in [2.05, 4.69) is 10.6 Å². The number of benzene rings is 1. The Bertz CT molecular complexity index is 826. The highest BCUT2D eigenvalue weighted by molar-refractivity contribution is 8.01. The second-order valence-electron chi connectivity index (χ2n) is 8.55. The number of rotatable bonds is 6. The van der Waals surface area contributed by atoms with Crippen molar-refractivity contribution >= 4 is 29.5 Å². The van der Waals surface area contributed by atoms with Crippen LogP contribution in [0.25, 0.3) is 0 Å². The van der Waals surface area contributed by atoms with Crippen LogP contribution in [0, 0.1) is 5.92 Å². The number of carbonyl (C=O) groups is 3. The van der Waals surface area contributed by atoms with Gasteiger partial charge < -0.3 is 20.6 Å². The van der Waals surface area contributed by atoms with E-state index in [-0.39, 0.29) is 41.7 Å². The molecule has 158 valence electrons. The van der Waals surface area contributed by atoms with Gasteiger partial charge in [-0.15, -0.1) is 11.8 Å². The molecule has 2 aliphatic heterocycles. The van der Waals surface area contributed by atoms with Gasteiger partial charge in [-0.1, -0.05) is 32.0 Å². The molecular weight excluding hydrogens is 390 g/mol. The number of aliphatic hydroxyl groups excluding tert-OH is 1. The molecule has 8 heteroatoms. The predicted octanol–water partition coefficient (Wildman–Crippen LogP) is 1.67. The highest BCUT2D eigenvalue weighted by Gasteiger charge is 2.57. The van der Waals surface area contributed by atoms with E-state index < -0.39 is 16.8 Å². The summed E-state index contributed by atoms with van der Waals surface area (Å²) in [6.07, 6.45) is 0. The Morgan fingerprint density at radius 1 is 1.21 bits per heavy atom. The molecule has 1 aromatic rings. The van der Waals surface area contributed by atoms with E-state index in [1.54, 1.807) is 29.7 Å². The fourth-order valence-electron chi connectivity index (χ4n) is 3.89. The van der Waals surface area contributed by atoms with E-state index in [9.17, 15) is 19.5 Å². The number of hydrogen-bond donors (Lipinski definition) is 3. The van der Waals surface area contributed by atoms with E-state index in [1.165, 1.54) is 0 Å². The van der Waals surface area contributed by atoms with E-state index in [0.29, 0.717) is 5.56 Å². The number of nitrogens with one attached hydrogen (secondary N) is 2. The Hall–Kier alpha value is -2.06. The lowest BCUT2D eigenvalue weighted by atomic mass is 10.00. The van der Waals surface area contributed by atoms with E-state index in [1.807, 2.05) is 45.9 Å². The van der Waals surface area contributed by atoms with Crippen LogP contribution in [0.2, 0.25) is 0 Å². The lowest BCUT2D eigenvalue weighted by Crippen LogP contribution is -2.57. The molecule has 0 aliphatic carbocycles. The summed E-state index contributed by atoms with van der Waals surface area (Å²) in [4.78, 5) is 40.3. The Labute approximate surface area is 175 Å². The summed E-state index contributed by atoms with van der Waals surface area (Å²) in [7, 11) is 0. The summed E-state index contributed by atoms with van der Waals surface area (Å²) in [6, 6.07) is 5.59. The van der Waals surface area contributed by atoms with Gasteiger partial charge in [-0.2, -0.15) is 0 Å². The highest BCUT2D eigenvalue weighted by Crippen LogP contribution is 2.56. The van der Waals surface area contributed by atoms with Crippen molar-refractivity contribution in [1.29, 1.82) is 0 Å². The SMILES string of the molecule is CC(C)[C@@H](CO)NC(=O)[C@H](C)NC(=O)[C@H]1N2C(=O)c3ccccc3C2SC1(C)C. The molecule has 29 heavy (non-hydrogen) atoms. The maximum Gasteiger partial charge on any atom is 0.256 e. The minimum Gasteiger partial charge on any atom is -0.394 e. The maximum atomic E-state index is 13.2. The first-order valence-corrected chi connectivity index (χ1v) is 10.8. The standard InChI is InChI=1S/C21H29N3O4S/c1-11(2)15(10-25)23-17(26)12(3)22-18(27)16-21(4,5)29-20-14-9-7-6-8-13(14)19(28)24(16)20/h6-9,11-12,15-16,20,25H,10H2,1-5H3,(H,22,27)(H,23,26)/t12-,15+,16+,20?/m0/s1. The molecule has 0 radical (unpaired) electrons. The molecule has 3 amide bonds. The van der Waals surface area contributed by atoms with Gasteiger partial charge in [0.2, 0.25) is 11.8 Å². The second-order valence-corrected chi connectivity index (χ2v) is 10.3. The molecule has 0 spiro atoms. The van der Waals surface area contributed by atoms with Gasteiger partial charge in [0.15, 0.2) is 0 Å². The van der Waals surface area contributed by atoms with Crippen molar-refractivity contribution in [2.24, 2.45) is 5.92 Å². The molecule has 0 bridgehead atoms. The van der Waals surface area contributed by atoms with Crippen molar-refractivity contribution in [3.8, 4) is 0 Å². The van der Waals surface area contributed by atoms with Crippen molar-refractivity contribution in [1.82, 2.24) is 15.5 Å². The maximum absolute atomic E-state index is 13.2. The topological polar surface area (TPSA) is 98.7 Å². The number of fused-ring (bicyclic) bond motifs is 3. The van der Waals surface area contributed by atoms with Crippen molar-refractivity contribution in [3.63, 3.8) is 0 Å². The molecule has 3 rings (SSSR count). The van der Waals surface area contributed by atoms with Gasteiger partial charge in [-0.3, -0.25) is 14.4 Å². The quantitative estimate of drug-likeness (QED) is 0.652. The third-order valence-electron chi connectivity index (χ3n) is 5.63. The predicted molar refractivity (Wildman–Crippen MR) is 112 cm³/mol. The molecular formula is C21H29N3O4S. The molecule has 1 unspecified atom stereocenters. The van der Waals surface area contributed by atoms with Crippen LogP contribution in [-0.2, 0) is 9.59 Å². The van der Waals surface area contributed by atoms with Crippen LogP contribution < -0.4 is 10.6 Å². The van der Waals surface area contributed by atoms with Gasteiger partial charge in [0, 0.05) is 10.3 Å². The number of carbonyl (C=O) groups excluding carboxylic acids is 3. The van der Waals surface area contributed by atoms with Crippen molar-refractivity contribution in [3.05, 3.63) is 35.4 Å². The van der Waals surface area contributed by atoms with Crippen LogP contribution in [0.1, 0.15) is 55.9 Å². The van der Waals surface area contributed by atoms with Gasteiger partial charge in [0.25, 0.3) is 5.91 Å². The molecule has 3 N–H and O–H groups in total. The largest absolute Gasteiger partial charge is 0.394 e. The van der Waals surface area contributed by atoms with Crippen LogP contribution in [-0.4, -0.2) is 57.2 Å². The number of nitrogens with zero attached hydrogens (tertiary/aromatic N) is 1. The molecule has 4 atom stereocenters. The van der Waals surface area contributed by atoms with Gasteiger partial charge in [-0.05, 0) is 38.3 Å². The van der Waals surface area contributed by atoms with Gasteiger partial charge in [-0.25, -0.2) is 0 Å². The minimum absolute atomic E-state index is 0.0681. The summed E-state index contributed by atoms with van der Waals surface area (Å²) in [6.45, 7) is 9.13. The van der Waals surface area contributed by atoms with Crippen LogP contribution in [0.4, 0.5) is 0 Å². The summed E-state index contributed by atoms with van der Waals surface area (Å²) in [5.74, 6) is -0.791. The van der Waals surface area contributed by atoms with E-state index >= 15 is 0 Å². The first kappa shape index (κ1) is 21.6. The monoisotopic (exact) mass is 419 g/mol. The average Bonchev–Trinajstić information content (AvgIpc) is 3.09. The van der Waals surface area contributed by atoms with E-state index in [4.69, 9.17) is 0 Å². The Balaban J connectivity index is 1.75. The van der Waals surface area contributed by atoms with Crippen molar-refractivity contribution in [2.45, 2.75) is 62.9 Å². The molecule has 1 saturated heterocycles. The zero-order valence-corrected chi connectivity index (χ0v) is 18.2. The molecule has 1 fully saturated rings. The zero-order chi connectivity index (χ0) is 21.5. The van der Waals surface area contributed by atoms with Crippen LogP contribution in [0.3, 0.4) is 0 Å². The van der Waals surface area contributed by atoms with Crippen LogP contribution >= 0.6 is 11.8 Å². The molecule has 2 aliphatic rings. The number of amides is 3. The third-order valence-corrected chi connectivity index (χ3v) is 7.16. The van der Waals surface area contributed by atoms with Crippen molar-refractivity contribution < 1.29 is 19.5 Å². The Morgan fingerprint density at radius 2 is 1.86 bits per heavy atom. The fraction of sp³-hybridized carbons (Fsp3) is 0.571. The van der Waals surface area contributed by atoms with E-state index in [0.717, 1.165) is 5.56 Å². The Kier molecular flexibility index (Phi) is 5.96. The first-order valence-electron chi connectivity index (χ1n) is 9.89. The summed E-state index contributed by atoms with van der Waals surface area (Å²) in [5.41, 5.74) is 1.56.